The highest BCUT2D eigenvalue weighted by molar-refractivity contribution is 7.16. The number of rotatable bonds is 3. The molecule has 0 saturated carbocycles. The Kier molecular flexibility index (Phi) is 4.33. The van der Waals surface area contributed by atoms with E-state index >= 15 is 0 Å². The summed E-state index contributed by atoms with van der Waals surface area (Å²) in [5, 5.41) is 16.0. The number of hydrogen-bond donors (Lipinski definition) is 1. The molecule has 5 nitrogen and oxygen atoms in total. The lowest BCUT2D eigenvalue weighted by atomic mass is 10.1. The molecule has 0 unspecified atom stereocenters. The number of amides is 1. The number of nitrogens with one attached hydrogen (secondary N) is 1. The average Bonchev–Trinajstić information content (AvgIpc) is 3.19. The van der Waals surface area contributed by atoms with Crippen molar-refractivity contribution in [2.45, 2.75) is 45.3 Å². The molecule has 0 aromatic carbocycles. The number of alkyl halides is 3. The first kappa shape index (κ1) is 17.5. The number of anilines is 1. The summed E-state index contributed by atoms with van der Waals surface area (Å²) in [5.74, 6) is -0.503. The van der Waals surface area contributed by atoms with Gasteiger partial charge < -0.3 is 5.32 Å². The topological polar surface area (TPSA) is 70.7 Å². The van der Waals surface area contributed by atoms with Crippen LogP contribution in [0.4, 0.5) is 18.2 Å². The molecule has 132 valence electrons. The van der Waals surface area contributed by atoms with Gasteiger partial charge in [-0.15, -0.1) is 11.3 Å². The van der Waals surface area contributed by atoms with Gasteiger partial charge in [-0.25, -0.2) is 0 Å². The monoisotopic (exact) mass is 368 g/mol. The Morgan fingerprint density at radius 2 is 2.20 bits per heavy atom. The Hall–Kier alpha value is -2.34. The van der Waals surface area contributed by atoms with Crippen molar-refractivity contribution in [3.8, 4) is 6.07 Å². The van der Waals surface area contributed by atoms with E-state index in [-0.39, 0.29) is 5.69 Å². The molecule has 1 aliphatic carbocycles. The number of halogens is 3. The Bertz CT molecular complexity index is 875. The van der Waals surface area contributed by atoms with Gasteiger partial charge in [0.1, 0.15) is 17.1 Å². The molecular weight excluding hydrogens is 353 g/mol. The van der Waals surface area contributed by atoms with Gasteiger partial charge >= 0.3 is 6.18 Å². The van der Waals surface area contributed by atoms with E-state index in [4.69, 9.17) is 0 Å². The summed E-state index contributed by atoms with van der Waals surface area (Å²) in [4.78, 5) is 13.6. The van der Waals surface area contributed by atoms with Gasteiger partial charge in [-0.05, 0) is 44.7 Å². The molecule has 2 heterocycles. The first-order valence-electron chi connectivity index (χ1n) is 7.71. The molecule has 0 saturated heterocycles. The molecule has 0 aliphatic heterocycles. The molecule has 25 heavy (non-hydrogen) atoms. The molecule has 1 N–H and O–H groups in total. The minimum Gasteiger partial charge on any atom is -0.315 e. The molecule has 1 amide bonds. The normalized spacial score (nSPS) is 14.9. The summed E-state index contributed by atoms with van der Waals surface area (Å²) in [7, 11) is 0. The fourth-order valence-corrected chi connectivity index (χ4v) is 4.20. The lowest BCUT2D eigenvalue weighted by Gasteiger charge is -2.14. The van der Waals surface area contributed by atoms with Gasteiger partial charge in [0.25, 0.3) is 0 Å². The number of carbonyl (C=O) groups is 1. The number of thiophene rings is 1. The van der Waals surface area contributed by atoms with Gasteiger partial charge in [0.2, 0.25) is 5.91 Å². The average molecular weight is 368 g/mol. The second-order valence-electron chi connectivity index (χ2n) is 5.95. The summed E-state index contributed by atoms with van der Waals surface area (Å²) in [6.07, 6.45) is -1.87. The van der Waals surface area contributed by atoms with Crippen LogP contribution in [-0.2, 0) is 23.8 Å². The van der Waals surface area contributed by atoms with E-state index in [1.165, 1.54) is 25.2 Å². The minimum absolute atomic E-state index is 0.240. The molecule has 9 heteroatoms. The van der Waals surface area contributed by atoms with E-state index in [9.17, 15) is 23.2 Å². The molecule has 1 atom stereocenters. The third-order valence-electron chi connectivity index (χ3n) is 4.23. The van der Waals surface area contributed by atoms with Gasteiger partial charge in [0, 0.05) is 10.6 Å². The summed E-state index contributed by atoms with van der Waals surface area (Å²) in [6.45, 7) is 2.94. The Balaban J connectivity index is 1.83. The number of nitrogens with zero attached hydrogens (tertiary/aromatic N) is 3. The second-order valence-corrected chi connectivity index (χ2v) is 7.06. The molecule has 3 rings (SSSR count). The van der Waals surface area contributed by atoms with Gasteiger partial charge in [-0.3, -0.25) is 9.48 Å². The number of aromatic nitrogens is 2. The maximum absolute atomic E-state index is 12.8. The van der Waals surface area contributed by atoms with E-state index in [0.29, 0.717) is 10.6 Å². The van der Waals surface area contributed by atoms with E-state index < -0.39 is 23.8 Å². The fraction of sp³-hybridized carbons (Fsp3) is 0.438. The first-order valence-corrected chi connectivity index (χ1v) is 8.53. The van der Waals surface area contributed by atoms with Crippen LogP contribution in [0.25, 0.3) is 0 Å². The van der Waals surface area contributed by atoms with Crippen molar-refractivity contribution in [1.82, 2.24) is 9.78 Å². The fourth-order valence-electron chi connectivity index (χ4n) is 2.96. The number of carbonyl (C=O) groups excluding carboxylic acids is 1. The third-order valence-corrected chi connectivity index (χ3v) is 5.44. The predicted molar refractivity (Wildman–Crippen MR) is 86.4 cm³/mol. The summed E-state index contributed by atoms with van der Waals surface area (Å²) in [5.41, 5.74) is 0.651. The van der Waals surface area contributed by atoms with Crippen LogP contribution in [0.5, 0.6) is 0 Å². The van der Waals surface area contributed by atoms with Crippen molar-refractivity contribution < 1.29 is 18.0 Å². The van der Waals surface area contributed by atoms with Crippen LogP contribution >= 0.6 is 11.3 Å². The zero-order chi connectivity index (χ0) is 18.4. The Labute approximate surface area is 146 Å². The highest BCUT2D eigenvalue weighted by Crippen LogP contribution is 2.39. The highest BCUT2D eigenvalue weighted by Gasteiger charge is 2.35. The summed E-state index contributed by atoms with van der Waals surface area (Å²) in [6, 6.07) is 2.10. The summed E-state index contributed by atoms with van der Waals surface area (Å²) < 4.78 is 39.4. The number of aryl methyl sites for hydroxylation is 2. The SMILES string of the molecule is Cc1cc(C(F)(F)F)nn1[C@H](C)C(=O)Nc1sc2c(c1C#N)CCC2. The largest absolute Gasteiger partial charge is 0.435 e. The van der Waals surface area contributed by atoms with Crippen molar-refractivity contribution in [1.29, 1.82) is 5.26 Å². The van der Waals surface area contributed by atoms with Crippen molar-refractivity contribution >= 4 is 22.2 Å². The second kappa shape index (κ2) is 6.19. The standard InChI is InChI=1S/C16H15F3N4OS/c1-8-6-13(16(17,18)19)22-23(8)9(2)14(24)21-15-11(7-20)10-4-3-5-12(10)25-15/h6,9H,3-5H2,1-2H3,(H,21,24)/t9-/m1/s1. The number of hydrogen-bond acceptors (Lipinski definition) is 4. The molecule has 2 aromatic heterocycles. The van der Waals surface area contributed by atoms with Crippen molar-refractivity contribution in [3.05, 3.63) is 33.5 Å². The van der Waals surface area contributed by atoms with Crippen LogP contribution in [-0.4, -0.2) is 15.7 Å². The molecule has 1 aliphatic rings. The summed E-state index contributed by atoms with van der Waals surface area (Å²) >= 11 is 1.36. The van der Waals surface area contributed by atoms with E-state index in [2.05, 4.69) is 16.5 Å². The smallest absolute Gasteiger partial charge is 0.315 e. The van der Waals surface area contributed by atoms with Crippen molar-refractivity contribution in [2.24, 2.45) is 0 Å². The quantitative estimate of drug-likeness (QED) is 0.895. The van der Waals surface area contributed by atoms with Crippen LogP contribution < -0.4 is 5.32 Å². The highest BCUT2D eigenvalue weighted by atomic mass is 32.1. The van der Waals surface area contributed by atoms with E-state index in [0.717, 1.165) is 40.5 Å². The maximum Gasteiger partial charge on any atom is 0.435 e. The van der Waals surface area contributed by atoms with E-state index in [1.54, 1.807) is 0 Å². The molecular formula is C16H15F3N4OS. The van der Waals surface area contributed by atoms with Crippen molar-refractivity contribution in [3.63, 3.8) is 0 Å². The zero-order valence-corrected chi connectivity index (χ0v) is 14.4. The first-order chi connectivity index (χ1) is 11.7. The molecule has 0 radical (unpaired) electrons. The van der Waals surface area contributed by atoms with Gasteiger partial charge in [-0.2, -0.15) is 23.5 Å². The van der Waals surface area contributed by atoms with E-state index in [1.807, 2.05) is 0 Å². The Morgan fingerprint density at radius 3 is 2.80 bits per heavy atom. The van der Waals surface area contributed by atoms with Gasteiger partial charge in [-0.1, -0.05) is 0 Å². The zero-order valence-electron chi connectivity index (χ0n) is 13.6. The van der Waals surface area contributed by atoms with Crippen LogP contribution in [0.3, 0.4) is 0 Å². The lowest BCUT2D eigenvalue weighted by molar-refractivity contribution is -0.141. The predicted octanol–water partition coefficient (Wildman–Crippen LogP) is 3.83. The maximum atomic E-state index is 12.8. The number of fused-ring (bicyclic) bond motifs is 1. The molecule has 0 fully saturated rings. The van der Waals surface area contributed by atoms with Crippen LogP contribution in [0.15, 0.2) is 6.07 Å². The van der Waals surface area contributed by atoms with Crippen LogP contribution in [0.1, 0.15) is 46.8 Å². The number of nitriles is 1. The molecule has 0 spiro atoms. The lowest BCUT2D eigenvalue weighted by Crippen LogP contribution is -2.25. The van der Waals surface area contributed by atoms with Crippen LogP contribution in [0.2, 0.25) is 0 Å². The van der Waals surface area contributed by atoms with Crippen molar-refractivity contribution in [2.75, 3.05) is 5.32 Å². The molecule has 2 aromatic rings. The third kappa shape index (κ3) is 3.14. The minimum atomic E-state index is -4.56. The van der Waals surface area contributed by atoms with Crippen LogP contribution in [0, 0.1) is 18.3 Å². The van der Waals surface area contributed by atoms with Gasteiger partial charge in [0.15, 0.2) is 5.69 Å². The van der Waals surface area contributed by atoms with Gasteiger partial charge in [0.05, 0.1) is 5.56 Å². The molecule has 0 bridgehead atoms. The Morgan fingerprint density at radius 1 is 1.48 bits per heavy atom.